The maximum absolute atomic E-state index is 10.9. The largest absolute Gasteiger partial charge is 0.389 e. The zero-order chi connectivity index (χ0) is 15.5. The van der Waals surface area contributed by atoms with Crippen molar-refractivity contribution < 1.29 is 12.9 Å². The Morgan fingerprint density at radius 2 is 1.73 bits per heavy atom. The predicted molar refractivity (Wildman–Crippen MR) is 85.1 cm³/mol. The van der Waals surface area contributed by atoms with E-state index in [-0.39, 0.29) is 0 Å². The highest BCUT2D eigenvalue weighted by atomic mass is 32.2. The van der Waals surface area contributed by atoms with Gasteiger partial charge in [0.15, 0.2) is 0 Å². The molecule has 112 valence electrons. The van der Waals surface area contributed by atoms with E-state index in [0.29, 0.717) is 5.75 Å². The SMILES string of the molecule is Cc1onc(-c2ccccc2)c1-c1ccc(OS(N)=O)cc1. The van der Waals surface area contributed by atoms with Gasteiger partial charge in [-0.15, -0.1) is 0 Å². The average molecular weight is 314 g/mol. The molecule has 0 saturated heterocycles. The van der Waals surface area contributed by atoms with E-state index in [2.05, 4.69) is 5.16 Å². The minimum absolute atomic E-state index is 0.444. The molecule has 0 saturated carbocycles. The molecule has 1 unspecified atom stereocenters. The minimum Gasteiger partial charge on any atom is -0.389 e. The fourth-order valence-electron chi connectivity index (χ4n) is 2.28. The highest BCUT2D eigenvalue weighted by Crippen LogP contribution is 2.34. The number of rotatable bonds is 4. The van der Waals surface area contributed by atoms with Crippen LogP contribution < -0.4 is 9.32 Å². The van der Waals surface area contributed by atoms with Gasteiger partial charge < -0.3 is 8.71 Å². The second-order valence-corrected chi connectivity index (χ2v) is 5.38. The summed E-state index contributed by atoms with van der Waals surface area (Å²) < 4.78 is 21.2. The van der Waals surface area contributed by atoms with Crippen LogP contribution in [0.25, 0.3) is 22.4 Å². The van der Waals surface area contributed by atoms with Crippen molar-refractivity contribution in [3.05, 3.63) is 60.4 Å². The molecule has 3 rings (SSSR count). The Balaban J connectivity index is 2.02. The van der Waals surface area contributed by atoms with Crippen LogP contribution in [0.5, 0.6) is 5.75 Å². The lowest BCUT2D eigenvalue weighted by Gasteiger charge is -2.05. The number of hydrogen-bond acceptors (Lipinski definition) is 4. The van der Waals surface area contributed by atoms with Crippen molar-refractivity contribution >= 4 is 11.3 Å². The number of nitrogens with zero attached hydrogens (tertiary/aromatic N) is 1. The third-order valence-electron chi connectivity index (χ3n) is 3.23. The van der Waals surface area contributed by atoms with Crippen LogP contribution in [0.15, 0.2) is 59.1 Å². The Hall–Kier alpha value is -2.44. The summed E-state index contributed by atoms with van der Waals surface area (Å²) in [6, 6.07) is 17.0. The summed E-state index contributed by atoms with van der Waals surface area (Å²) in [6.07, 6.45) is 0. The highest BCUT2D eigenvalue weighted by molar-refractivity contribution is 7.78. The first-order chi connectivity index (χ1) is 10.6. The number of benzene rings is 2. The summed E-state index contributed by atoms with van der Waals surface area (Å²) in [7, 11) is 0. The summed E-state index contributed by atoms with van der Waals surface area (Å²) in [5.74, 6) is 1.18. The molecule has 0 bridgehead atoms. The van der Waals surface area contributed by atoms with Gasteiger partial charge in [-0.2, -0.15) is 4.21 Å². The summed E-state index contributed by atoms with van der Waals surface area (Å²) in [6.45, 7) is 1.87. The molecular formula is C16H14N2O3S. The molecule has 1 aromatic heterocycles. The van der Waals surface area contributed by atoms with Crippen LogP contribution in [-0.2, 0) is 11.3 Å². The van der Waals surface area contributed by atoms with E-state index in [0.717, 1.165) is 28.1 Å². The zero-order valence-corrected chi connectivity index (χ0v) is 12.7. The van der Waals surface area contributed by atoms with Gasteiger partial charge in [-0.1, -0.05) is 47.6 Å². The van der Waals surface area contributed by atoms with Crippen LogP contribution in [0, 0.1) is 6.92 Å². The van der Waals surface area contributed by atoms with Gasteiger partial charge in [-0.05, 0) is 24.6 Å². The van der Waals surface area contributed by atoms with Crippen LogP contribution in [0.1, 0.15) is 5.76 Å². The fourth-order valence-corrected chi connectivity index (χ4v) is 2.58. The molecule has 1 atom stereocenters. The Morgan fingerprint density at radius 1 is 1.05 bits per heavy atom. The molecule has 2 aromatic carbocycles. The van der Waals surface area contributed by atoms with Crippen LogP contribution in [0.3, 0.4) is 0 Å². The van der Waals surface area contributed by atoms with Crippen LogP contribution >= 0.6 is 0 Å². The molecule has 0 fully saturated rings. The van der Waals surface area contributed by atoms with Crippen molar-refractivity contribution in [2.45, 2.75) is 6.92 Å². The normalized spacial score (nSPS) is 12.1. The lowest BCUT2D eigenvalue weighted by molar-refractivity contribution is 0.400. The Kier molecular flexibility index (Phi) is 4.04. The molecular weight excluding hydrogens is 300 g/mol. The van der Waals surface area contributed by atoms with E-state index in [4.69, 9.17) is 13.8 Å². The van der Waals surface area contributed by atoms with Crippen LogP contribution in [0.2, 0.25) is 0 Å². The molecule has 1 heterocycles. The molecule has 6 heteroatoms. The smallest absolute Gasteiger partial charge is 0.285 e. The van der Waals surface area contributed by atoms with Gasteiger partial charge in [0, 0.05) is 5.56 Å². The third kappa shape index (κ3) is 2.93. The molecule has 0 aliphatic carbocycles. The summed E-state index contributed by atoms with van der Waals surface area (Å²) in [5, 5.41) is 9.26. The molecule has 0 spiro atoms. The van der Waals surface area contributed by atoms with Gasteiger partial charge in [0.05, 0.1) is 5.56 Å². The maximum atomic E-state index is 10.9. The standard InChI is InChI=1S/C16H14N2O3S/c1-11-15(12-7-9-14(10-8-12)21-22(17)19)16(18-20-11)13-5-3-2-4-6-13/h2-10H,17H2,1H3. The van der Waals surface area contributed by atoms with E-state index in [1.165, 1.54) is 0 Å². The van der Waals surface area contributed by atoms with E-state index in [9.17, 15) is 4.21 Å². The van der Waals surface area contributed by atoms with Crippen molar-refractivity contribution in [1.82, 2.24) is 5.16 Å². The minimum atomic E-state index is -1.83. The van der Waals surface area contributed by atoms with E-state index in [1.807, 2.05) is 49.4 Å². The molecule has 0 aliphatic heterocycles. The van der Waals surface area contributed by atoms with Gasteiger partial charge in [-0.25, -0.2) is 5.14 Å². The predicted octanol–water partition coefficient (Wildman–Crippen LogP) is 3.23. The second-order valence-electron chi connectivity index (χ2n) is 4.70. The molecule has 0 aliphatic rings. The Labute approximate surface area is 130 Å². The summed E-state index contributed by atoms with van der Waals surface area (Å²) in [5.41, 5.74) is 3.63. The maximum Gasteiger partial charge on any atom is 0.285 e. The Bertz CT molecular complexity index is 798. The lowest BCUT2D eigenvalue weighted by atomic mass is 9.99. The summed E-state index contributed by atoms with van der Waals surface area (Å²) >= 11 is -1.83. The number of nitrogens with two attached hydrogens (primary N) is 1. The molecule has 0 radical (unpaired) electrons. The monoisotopic (exact) mass is 314 g/mol. The van der Waals surface area contributed by atoms with Crippen molar-refractivity contribution in [1.29, 1.82) is 0 Å². The molecule has 22 heavy (non-hydrogen) atoms. The highest BCUT2D eigenvalue weighted by Gasteiger charge is 2.16. The first-order valence-corrected chi connectivity index (χ1v) is 7.75. The number of hydrogen-bond donors (Lipinski definition) is 1. The van der Waals surface area contributed by atoms with Gasteiger partial charge in [0.2, 0.25) is 0 Å². The molecule has 0 amide bonds. The second kappa shape index (κ2) is 6.13. The Morgan fingerprint density at radius 3 is 2.36 bits per heavy atom. The quantitative estimate of drug-likeness (QED) is 0.802. The van der Waals surface area contributed by atoms with Gasteiger partial charge >= 0.3 is 0 Å². The van der Waals surface area contributed by atoms with Crippen molar-refractivity contribution in [3.8, 4) is 28.1 Å². The number of aryl methyl sites for hydroxylation is 1. The van der Waals surface area contributed by atoms with Crippen molar-refractivity contribution in [3.63, 3.8) is 0 Å². The molecule has 3 aromatic rings. The first kappa shape index (κ1) is 14.5. The fraction of sp³-hybridized carbons (Fsp3) is 0.0625. The van der Waals surface area contributed by atoms with Gasteiger partial charge in [0.1, 0.15) is 17.2 Å². The van der Waals surface area contributed by atoms with E-state index < -0.39 is 11.3 Å². The van der Waals surface area contributed by atoms with Gasteiger partial charge in [0.25, 0.3) is 11.3 Å². The van der Waals surface area contributed by atoms with Crippen LogP contribution in [0.4, 0.5) is 0 Å². The van der Waals surface area contributed by atoms with Crippen molar-refractivity contribution in [2.24, 2.45) is 5.14 Å². The average Bonchev–Trinajstić information content (AvgIpc) is 2.90. The van der Waals surface area contributed by atoms with E-state index >= 15 is 0 Å². The van der Waals surface area contributed by atoms with Crippen LogP contribution in [-0.4, -0.2) is 9.37 Å². The number of aromatic nitrogens is 1. The van der Waals surface area contributed by atoms with Crippen molar-refractivity contribution in [2.75, 3.05) is 0 Å². The third-order valence-corrected chi connectivity index (χ3v) is 3.59. The molecule has 2 N–H and O–H groups in total. The molecule has 5 nitrogen and oxygen atoms in total. The summed E-state index contributed by atoms with van der Waals surface area (Å²) in [4.78, 5) is 0. The topological polar surface area (TPSA) is 78.3 Å². The van der Waals surface area contributed by atoms with Gasteiger partial charge in [-0.3, -0.25) is 0 Å². The lowest BCUT2D eigenvalue weighted by Crippen LogP contribution is -2.09. The first-order valence-electron chi connectivity index (χ1n) is 6.62. The van der Waals surface area contributed by atoms with E-state index in [1.54, 1.807) is 12.1 Å². The zero-order valence-electron chi connectivity index (χ0n) is 11.9.